The zero-order valence-electron chi connectivity index (χ0n) is 14.9. The van der Waals surface area contributed by atoms with Crippen LogP contribution in [0.5, 0.6) is 0 Å². The van der Waals surface area contributed by atoms with E-state index in [1.165, 1.54) is 40.7 Å². The third kappa shape index (κ3) is 3.37. The SMILES string of the molecule is Cc1cccc2sc(N(Cc3ccco3)C(=O)c3cccc([N+](=O)[O-])c3)nc12. The highest BCUT2D eigenvalue weighted by Gasteiger charge is 2.24. The molecule has 0 fully saturated rings. The Morgan fingerprint density at radius 3 is 2.75 bits per heavy atom. The fourth-order valence-electron chi connectivity index (χ4n) is 2.88. The first-order chi connectivity index (χ1) is 13.5. The highest BCUT2D eigenvalue weighted by atomic mass is 32.1. The Hall–Kier alpha value is -3.52. The average Bonchev–Trinajstić information content (AvgIpc) is 3.36. The zero-order valence-corrected chi connectivity index (χ0v) is 15.7. The maximum absolute atomic E-state index is 13.2. The Balaban J connectivity index is 1.78. The molecular formula is C20H15N3O4S. The van der Waals surface area contributed by atoms with Crippen LogP contribution in [0, 0.1) is 17.0 Å². The normalized spacial score (nSPS) is 10.9. The van der Waals surface area contributed by atoms with Gasteiger partial charge in [-0.3, -0.25) is 19.8 Å². The molecule has 0 atom stereocenters. The van der Waals surface area contributed by atoms with Crippen molar-refractivity contribution in [3.8, 4) is 0 Å². The van der Waals surface area contributed by atoms with Gasteiger partial charge in [-0.1, -0.05) is 29.5 Å². The van der Waals surface area contributed by atoms with Crippen molar-refractivity contribution in [3.63, 3.8) is 0 Å². The van der Waals surface area contributed by atoms with Gasteiger partial charge in [-0.2, -0.15) is 0 Å². The highest BCUT2D eigenvalue weighted by Crippen LogP contribution is 2.32. The maximum atomic E-state index is 13.2. The standard InChI is InChI=1S/C20H15N3O4S/c1-13-5-2-9-17-18(13)21-20(28-17)22(12-16-8-4-10-27-16)19(24)14-6-3-7-15(11-14)23(25)26/h2-11H,12H2,1H3. The minimum atomic E-state index is -0.519. The summed E-state index contributed by atoms with van der Waals surface area (Å²) in [4.78, 5) is 29.9. The average molecular weight is 393 g/mol. The number of amides is 1. The summed E-state index contributed by atoms with van der Waals surface area (Å²) in [6, 6.07) is 15.1. The number of aryl methyl sites for hydroxylation is 1. The molecule has 0 saturated heterocycles. The van der Waals surface area contributed by atoms with Crippen LogP contribution in [0.4, 0.5) is 10.8 Å². The Labute approximate surface area is 164 Å². The Morgan fingerprint density at radius 1 is 1.21 bits per heavy atom. The molecule has 2 aromatic heterocycles. The van der Waals surface area contributed by atoms with E-state index >= 15 is 0 Å². The number of carbonyl (C=O) groups excluding carboxylic acids is 1. The number of non-ortho nitro benzene ring substituents is 1. The van der Waals surface area contributed by atoms with Crippen molar-refractivity contribution in [3.05, 3.63) is 87.9 Å². The smallest absolute Gasteiger partial charge is 0.270 e. The van der Waals surface area contributed by atoms with Gasteiger partial charge in [-0.15, -0.1) is 0 Å². The summed E-state index contributed by atoms with van der Waals surface area (Å²) in [6.07, 6.45) is 1.54. The van der Waals surface area contributed by atoms with Crippen LogP contribution in [-0.2, 0) is 6.54 Å². The van der Waals surface area contributed by atoms with Crippen LogP contribution >= 0.6 is 11.3 Å². The molecular weight excluding hydrogens is 378 g/mol. The van der Waals surface area contributed by atoms with Crippen LogP contribution < -0.4 is 4.90 Å². The number of furan rings is 1. The summed E-state index contributed by atoms with van der Waals surface area (Å²) in [5.74, 6) is 0.214. The third-order valence-electron chi connectivity index (χ3n) is 4.28. The van der Waals surface area contributed by atoms with Gasteiger partial charge in [0.15, 0.2) is 5.13 Å². The van der Waals surface area contributed by atoms with Gasteiger partial charge in [-0.25, -0.2) is 4.98 Å². The van der Waals surface area contributed by atoms with Gasteiger partial charge in [0.2, 0.25) is 0 Å². The number of thiazole rings is 1. The molecule has 4 rings (SSSR count). The quantitative estimate of drug-likeness (QED) is 0.353. The molecule has 1 amide bonds. The molecule has 4 aromatic rings. The van der Waals surface area contributed by atoms with Crippen LogP contribution in [-0.4, -0.2) is 15.8 Å². The van der Waals surface area contributed by atoms with Crippen LogP contribution in [0.3, 0.4) is 0 Å². The second kappa shape index (κ2) is 7.24. The van der Waals surface area contributed by atoms with E-state index in [0.717, 1.165) is 15.8 Å². The Morgan fingerprint density at radius 2 is 2.04 bits per heavy atom. The fourth-order valence-corrected chi connectivity index (χ4v) is 3.92. The molecule has 8 heteroatoms. The van der Waals surface area contributed by atoms with Crippen LogP contribution in [0.1, 0.15) is 21.7 Å². The van der Waals surface area contributed by atoms with E-state index in [1.54, 1.807) is 18.2 Å². The van der Waals surface area contributed by atoms with E-state index in [9.17, 15) is 14.9 Å². The lowest BCUT2D eigenvalue weighted by molar-refractivity contribution is -0.384. The van der Waals surface area contributed by atoms with E-state index in [2.05, 4.69) is 4.98 Å². The van der Waals surface area contributed by atoms with Crippen molar-refractivity contribution in [2.75, 3.05) is 4.90 Å². The monoisotopic (exact) mass is 393 g/mol. The predicted molar refractivity (Wildman–Crippen MR) is 107 cm³/mol. The number of benzene rings is 2. The summed E-state index contributed by atoms with van der Waals surface area (Å²) in [5.41, 5.74) is 1.93. The van der Waals surface area contributed by atoms with Gasteiger partial charge < -0.3 is 4.42 Å². The fraction of sp³-hybridized carbons (Fsp3) is 0.100. The molecule has 0 aliphatic heterocycles. The molecule has 0 N–H and O–H groups in total. The lowest BCUT2D eigenvalue weighted by atomic mass is 10.1. The Kier molecular flexibility index (Phi) is 4.62. The van der Waals surface area contributed by atoms with Gasteiger partial charge >= 0.3 is 0 Å². The summed E-state index contributed by atoms with van der Waals surface area (Å²) in [7, 11) is 0. The van der Waals surface area contributed by atoms with E-state index in [-0.39, 0.29) is 23.7 Å². The first-order valence-corrected chi connectivity index (χ1v) is 9.29. The van der Waals surface area contributed by atoms with Crippen molar-refractivity contribution in [1.82, 2.24) is 4.98 Å². The number of hydrogen-bond donors (Lipinski definition) is 0. The van der Waals surface area contributed by atoms with E-state index in [4.69, 9.17) is 4.42 Å². The van der Waals surface area contributed by atoms with Crippen LogP contribution in [0.25, 0.3) is 10.2 Å². The summed E-state index contributed by atoms with van der Waals surface area (Å²) in [5, 5.41) is 11.6. The Bertz CT molecular complexity index is 1170. The molecule has 0 unspecified atom stereocenters. The van der Waals surface area contributed by atoms with Gasteiger partial charge in [0, 0.05) is 17.7 Å². The zero-order chi connectivity index (χ0) is 19.7. The third-order valence-corrected chi connectivity index (χ3v) is 5.33. The number of para-hydroxylation sites is 1. The summed E-state index contributed by atoms with van der Waals surface area (Å²) < 4.78 is 6.37. The van der Waals surface area contributed by atoms with E-state index in [0.29, 0.717) is 10.9 Å². The van der Waals surface area contributed by atoms with Crippen molar-refractivity contribution in [1.29, 1.82) is 0 Å². The van der Waals surface area contributed by atoms with Gasteiger partial charge in [0.05, 0.1) is 27.9 Å². The predicted octanol–water partition coefficient (Wildman–Crippen LogP) is 4.95. The number of nitrogens with zero attached hydrogens (tertiary/aromatic N) is 3. The first kappa shape index (κ1) is 17.9. The van der Waals surface area contributed by atoms with Crippen molar-refractivity contribution < 1.29 is 14.1 Å². The molecule has 0 bridgehead atoms. The van der Waals surface area contributed by atoms with Gasteiger partial charge in [0.25, 0.3) is 11.6 Å². The number of nitro benzene ring substituents is 1. The molecule has 140 valence electrons. The minimum Gasteiger partial charge on any atom is -0.467 e. The molecule has 2 aromatic carbocycles. The van der Waals surface area contributed by atoms with Crippen LogP contribution in [0.15, 0.2) is 65.3 Å². The van der Waals surface area contributed by atoms with Gasteiger partial charge in [-0.05, 0) is 36.8 Å². The second-order valence-electron chi connectivity index (χ2n) is 6.20. The van der Waals surface area contributed by atoms with E-state index in [1.807, 2.05) is 25.1 Å². The molecule has 2 heterocycles. The molecule has 7 nitrogen and oxygen atoms in total. The first-order valence-electron chi connectivity index (χ1n) is 8.48. The van der Waals surface area contributed by atoms with Gasteiger partial charge in [0.1, 0.15) is 5.76 Å². The maximum Gasteiger partial charge on any atom is 0.270 e. The number of carbonyl (C=O) groups is 1. The highest BCUT2D eigenvalue weighted by molar-refractivity contribution is 7.22. The molecule has 0 aliphatic carbocycles. The molecule has 0 aliphatic rings. The molecule has 0 radical (unpaired) electrons. The summed E-state index contributed by atoms with van der Waals surface area (Å²) >= 11 is 1.39. The van der Waals surface area contributed by atoms with Crippen molar-refractivity contribution in [2.45, 2.75) is 13.5 Å². The van der Waals surface area contributed by atoms with Crippen LogP contribution in [0.2, 0.25) is 0 Å². The number of anilines is 1. The molecule has 28 heavy (non-hydrogen) atoms. The lowest BCUT2D eigenvalue weighted by Crippen LogP contribution is -2.30. The largest absolute Gasteiger partial charge is 0.467 e. The lowest BCUT2D eigenvalue weighted by Gasteiger charge is -2.18. The van der Waals surface area contributed by atoms with Crippen molar-refractivity contribution >= 4 is 38.3 Å². The number of hydrogen-bond acceptors (Lipinski definition) is 6. The number of aromatic nitrogens is 1. The number of rotatable bonds is 5. The number of nitro groups is 1. The van der Waals surface area contributed by atoms with Crippen molar-refractivity contribution in [2.24, 2.45) is 0 Å². The summed E-state index contributed by atoms with van der Waals surface area (Å²) in [6.45, 7) is 2.14. The topological polar surface area (TPSA) is 89.5 Å². The second-order valence-corrected chi connectivity index (χ2v) is 7.21. The molecule has 0 spiro atoms. The minimum absolute atomic E-state index is 0.135. The van der Waals surface area contributed by atoms with E-state index < -0.39 is 4.92 Å². The molecule has 0 saturated carbocycles. The number of fused-ring (bicyclic) bond motifs is 1.